The molecular formula is C11H19N5O2. The van der Waals surface area contributed by atoms with Crippen LogP contribution in [-0.4, -0.2) is 46.0 Å². The second-order valence-corrected chi connectivity index (χ2v) is 4.25. The van der Waals surface area contributed by atoms with Crippen molar-refractivity contribution in [1.82, 2.24) is 20.4 Å². The van der Waals surface area contributed by atoms with Gasteiger partial charge in [-0.05, 0) is 20.8 Å². The number of hydrogen-bond donors (Lipinski definition) is 3. The van der Waals surface area contributed by atoms with Gasteiger partial charge in [-0.3, -0.25) is 14.7 Å². The first-order chi connectivity index (χ1) is 8.43. The molecule has 100 valence electrons. The normalized spacial score (nSPS) is 10.4. The molecule has 0 unspecified atom stereocenters. The number of nitrogen functional groups attached to an aromatic ring is 1. The first kappa shape index (κ1) is 14.0. The highest BCUT2D eigenvalue weighted by Crippen LogP contribution is 2.05. The Balaban J connectivity index is 2.66. The summed E-state index contributed by atoms with van der Waals surface area (Å²) in [4.78, 5) is 25.1. The van der Waals surface area contributed by atoms with Crippen LogP contribution in [-0.2, 0) is 4.79 Å². The molecule has 4 N–H and O–H groups in total. The molecule has 0 aliphatic carbocycles. The zero-order valence-electron chi connectivity index (χ0n) is 10.9. The molecule has 1 aromatic heterocycles. The van der Waals surface area contributed by atoms with Gasteiger partial charge in [-0.1, -0.05) is 0 Å². The number of likely N-dealkylation sites (N-methyl/N-ethyl adjacent to an activating group) is 1. The highest BCUT2D eigenvalue weighted by Gasteiger charge is 2.19. The Morgan fingerprint density at radius 2 is 2.22 bits per heavy atom. The molecule has 0 aliphatic rings. The lowest BCUT2D eigenvalue weighted by Crippen LogP contribution is -2.42. The number of hydrogen-bond acceptors (Lipinski definition) is 4. The molecule has 18 heavy (non-hydrogen) atoms. The summed E-state index contributed by atoms with van der Waals surface area (Å²) in [5.74, 6) is -0.227. The molecule has 0 aromatic carbocycles. The van der Waals surface area contributed by atoms with E-state index in [0.717, 1.165) is 0 Å². The number of nitrogens with two attached hydrogens (primary N) is 1. The zero-order chi connectivity index (χ0) is 13.7. The number of aromatic amines is 1. The highest BCUT2D eigenvalue weighted by atomic mass is 16.2. The zero-order valence-corrected chi connectivity index (χ0v) is 10.9. The minimum atomic E-state index is -0.291. The number of aromatic nitrogens is 2. The summed E-state index contributed by atoms with van der Waals surface area (Å²) < 4.78 is 0. The molecule has 2 amide bonds. The Kier molecular flexibility index (Phi) is 4.70. The molecule has 0 aliphatic heterocycles. The van der Waals surface area contributed by atoms with Gasteiger partial charge in [0.05, 0.1) is 6.54 Å². The first-order valence-corrected chi connectivity index (χ1v) is 5.83. The van der Waals surface area contributed by atoms with Crippen molar-refractivity contribution in [2.45, 2.75) is 26.8 Å². The van der Waals surface area contributed by atoms with E-state index in [9.17, 15) is 9.59 Å². The lowest BCUT2D eigenvalue weighted by molar-refractivity contribution is -0.122. The van der Waals surface area contributed by atoms with Gasteiger partial charge < -0.3 is 16.0 Å². The summed E-state index contributed by atoms with van der Waals surface area (Å²) in [6, 6.07) is 1.50. The van der Waals surface area contributed by atoms with E-state index in [0.29, 0.717) is 6.54 Å². The summed E-state index contributed by atoms with van der Waals surface area (Å²) in [7, 11) is 0. The van der Waals surface area contributed by atoms with Crippen LogP contribution in [0.3, 0.4) is 0 Å². The summed E-state index contributed by atoms with van der Waals surface area (Å²) >= 11 is 0. The Morgan fingerprint density at radius 1 is 1.56 bits per heavy atom. The molecule has 0 saturated heterocycles. The van der Waals surface area contributed by atoms with Gasteiger partial charge in [0, 0.05) is 18.7 Å². The van der Waals surface area contributed by atoms with Crippen molar-refractivity contribution in [3.8, 4) is 0 Å². The van der Waals surface area contributed by atoms with Crippen LogP contribution in [0, 0.1) is 0 Å². The fourth-order valence-electron chi connectivity index (χ4n) is 1.49. The first-order valence-electron chi connectivity index (χ1n) is 5.83. The largest absolute Gasteiger partial charge is 0.382 e. The van der Waals surface area contributed by atoms with Gasteiger partial charge in [0.1, 0.15) is 11.5 Å². The number of nitrogens with one attached hydrogen (secondary N) is 2. The fraction of sp³-hybridized carbons (Fsp3) is 0.545. The van der Waals surface area contributed by atoms with E-state index in [1.165, 1.54) is 11.0 Å². The van der Waals surface area contributed by atoms with Crippen molar-refractivity contribution >= 4 is 17.6 Å². The lowest BCUT2D eigenvalue weighted by Gasteiger charge is -2.20. The maximum Gasteiger partial charge on any atom is 0.272 e. The van der Waals surface area contributed by atoms with E-state index in [4.69, 9.17) is 5.73 Å². The number of nitrogens with zero attached hydrogens (tertiary/aromatic N) is 2. The van der Waals surface area contributed by atoms with Crippen LogP contribution in [0.1, 0.15) is 31.3 Å². The molecule has 0 saturated carbocycles. The third-order valence-electron chi connectivity index (χ3n) is 2.28. The van der Waals surface area contributed by atoms with E-state index >= 15 is 0 Å². The third-order valence-corrected chi connectivity index (χ3v) is 2.28. The Labute approximate surface area is 106 Å². The quantitative estimate of drug-likeness (QED) is 0.685. The van der Waals surface area contributed by atoms with Crippen molar-refractivity contribution in [1.29, 1.82) is 0 Å². The van der Waals surface area contributed by atoms with Gasteiger partial charge in [-0.2, -0.15) is 5.10 Å². The predicted octanol–water partition coefficient (Wildman–Crippen LogP) is -0.0214. The highest BCUT2D eigenvalue weighted by molar-refractivity contribution is 5.95. The number of amides is 2. The monoisotopic (exact) mass is 253 g/mol. The van der Waals surface area contributed by atoms with Crippen molar-refractivity contribution in [2.24, 2.45) is 0 Å². The van der Waals surface area contributed by atoms with Crippen LogP contribution in [0.2, 0.25) is 0 Å². The number of anilines is 1. The molecule has 0 bridgehead atoms. The van der Waals surface area contributed by atoms with Gasteiger partial charge in [-0.15, -0.1) is 0 Å². The minimum Gasteiger partial charge on any atom is -0.382 e. The summed E-state index contributed by atoms with van der Waals surface area (Å²) in [6.45, 7) is 5.99. The van der Waals surface area contributed by atoms with E-state index in [1.54, 1.807) is 6.92 Å². The van der Waals surface area contributed by atoms with E-state index in [-0.39, 0.29) is 35.9 Å². The van der Waals surface area contributed by atoms with Crippen molar-refractivity contribution in [2.75, 3.05) is 18.8 Å². The maximum absolute atomic E-state index is 12.0. The molecule has 7 nitrogen and oxygen atoms in total. The van der Waals surface area contributed by atoms with Crippen molar-refractivity contribution in [3.05, 3.63) is 11.8 Å². The molecular weight excluding hydrogens is 234 g/mol. The van der Waals surface area contributed by atoms with E-state index < -0.39 is 0 Å². The van der Waals surface area contributed by atoms with Gasteiger partial charge in [0.2, 0.25) is 5.91 Å². The summed E-state index contributed by atoms with van der Waals surface area (Å²) in [5.41, 5.74) is 5.72. The van der Waals surface area contributed by atoms with E-state index in [1.807, 2.05) is 13.8 Å². The van der Waals surface area contributed by atoms with Crippen LogP contribution in [0.4, 0.5) is 5.82 Å². The number of carbonyl (C=O) groups excluding carboxylic acids is 2. The molecule has 0 atom stereocenters. The number of rotatable bonds is 5. The second kappa shape index (κ2) is 6.04. The van der Waals surface area contributed by atoms with Crippen molar-refractivity contribution in [3.63, 3.8) is 0 Å². The third kappa shape index (κ3) is 3.76. The second-order valence-electron chi connectivity index (χ2n) is 4.25. The van der Waals surface area contributed by atoms with Crippen LogP contribution < -0.4 is 11.1 Å². The van der Waals surface area contributed by atoms with Crippen LogP contribution >= 0.6 is 0 Å². The predicted molar refractivity (Wildman–Crippen MR) is 67.9 cm³/mol. The lowest BCUT2D eigenvalue weighted by atomic mass is 10.3. The van der Waals surface area contributed by atoms with Crippen LogP contribution in [0.15, 0.2) is 6.07 Å². The van der Waals surface area contributed by atoms with Crippen LogP contribution in [0.25, 0.3) is 0 Å². The molecule has 0 spiro atoms. The van der Waals surface area contributed by atoms with Gasteiger partial charge in [-0.25, -0.2) is 0 Å². The number of H-pyrrole nitrogens is 1. The van der Waals surface area contributed by atoms with E-state index in [2.05, 4.69) is 15.5 Å². The molecule has 1 rings (SSSR count). The Bertz CT molecular complexity index is 427. The van der Waals surface area contributed by atoms with Crippen LogP contribution in [0.5, 0.6) is 0 Å². The maximum atomic E-state index is 12.0. The van der Waals surface area contributed by atoms with Gasteiger partial charge in [0.25, 0.3) is 5.91 Å². The summed E-state index contributed by atoms with van der Waals surface area (Å²) in [6.07, 6.45) is 0. The average Bonchev–Trinajstić information content (AvgIpc) is 2.70. The molecule has 1 aromatic rings. The Hall–Kier alpha value is -2.05. The fourth-order valence-corrected chi connectivity index (χ4v) is 1.49. The molecule has 1 heterocycles. The standard InChI is InChI=1S/C11H19N5O2/c1-4-16(6-10(17)13-7(2)3)11(18)8-5-9(12)15-14-8/h5,7H,4,6H2,1-3H3,(H,13,17)(H3,12,14,15). The SMILES string of the molecule is CCN(CC(=O)NC(C)C)C(=O)c1cc(N)n[nH]1. The Morgan fingerprint density at radius 3 is 2.67 bits per heavy atom. The minimum absolute atomic E-state index is 0.0203. The summed E-state index contributed by atoms with van der Waals surface area (Å²) in [5, 5.41) is 8.96. The van der Waals surface area contributed by atoms with Gasteiger partial charge in [0.15, 0.2) is 0 Å². The average molecular weight is 253 g/mol. The topological polar surface area (TPSA) is 104 Å². The smallest absolute Gasteiger partial charge is 0.272 e. The molecule has 0 radical (unpaired) electrons. The van der Waals surface area contributed by atoms with Gasteiger partial charge >= 0.3 is 0 Å². The number of carbonyl (C=O) groups is 2. The molecule has 7 heteroatoms. The van der Waals surface area contributed by atoms with Crippen molar-refractivity contribution < 1.29 is 9.59 Å². The molecule has 0 fully saturated rings.